The van der Waals surface area contributed by atoms with Crippen molar-refractivity contribution in [2.75, 3.05) is 10.6 Å². The second-order valence-corrected chi connectivity index (χ2v) is 6.33. The first kappa shape index (κ1) is 20.4. The van der Waals surface area contributed by atoms with Crippen molar-refractivity contribution < 1.29 is 17.9 Å². The average molecular weight is 403 g/mol. The maximum atomic E-state index is 12.5. The second kappa shape index (κ2) is 8.76. The number of halogens is 3. The zero-order valence-corrected chi connectivity index (χ0v) is 15.9. The summed E-state index contributed by atoms with van der Waals surface area (Å²) in [7, 11) is 0. The lowest BCUT2D eigenvalue weighted by atomic mass is 10.2. The standard InChI is InChI=1S/C20H20F3N5O/c1-3-13(2)25-19-27-17(16-9-4-5-10-24-16)12-18(28-19)26-14-7-6-8-15(11-14)29-20(21,22)23/h4-13H,3H2,1-2H3,(H2,25,26,27,28)/t13-/m1/s1. The van der Waals surface area contributed by atoms with Crippen molar-refractivity contribution in [3.63, 3.8) is 0 Å². The smallest absolute Gasteiger partial charge is 0.406 e. The highest BCUT2D eigenvalue weighted by Crippen LogP contribution is 2.27. The molecular formula is C20H20F3N5O. The molecule has 3 rings (SSSR count). The Morgan fingerprint density at radius 3 is 2.55 bits per heavy atom. The molecule has 2 N–H and O–H groups in total. The number of hydrogen-bond acceptors (Lipinski definition) is 6. The van der Waals surface area contributed by atoms with Crippen molar-refractivity contribution in [3.05, 3.63) is 54.7 Å². The minimum atomic E-state index is -4.76. The molecule has 0 amide bonds. The van der Waals surface area contributed by atoms with Crippen molar-refractivity contribution in [1.29, 1.82) is 0 Å². The van der Waals surface area contributed by atoms with Crippen LogP contribution < -0.4 is 15.4 Å². The van der Waals surface area contributed by atoms with Gasteiger partial charge in [-0.25, -0.2) is 4.98 Å². The number of aromatic nitrogens is 3. The van der Waals surface area contributed by atoms with Crippen molar-refractivity contribution in [3.8, 4) is 17.1 Å². The summed E-state index contributed by atoms with van der Waals surface area (Å²) >= 11 is 0. The first-order chi connectivity index (χ1) is 13.8. The lowest BCUT2D eigenvalue weighted by Crippen LogP contribution is -2.17. The quantitative estimate of drug-likeness (QED) is 0.551. The fourth-order valence-corrected chi connectivity index (χ4v) is 2.46. The van der Waals surface area contributed by atoms with Gasteiger partial charge in [0.2, 0.25) is 5.95 Å². The van der Waals surface area contributed by atoms with Crippen LogP contribution in [0.5, 0.6) is 5.75 Å². The van der Waals surface area contributed by atoms with Gasteiger partial charge < -0.3 is 15.4 Å². The molecule has 6 nitrogen and oxygen atoms in total. The van der Waals surface area contributed by atoms with Crippen LogP contribution in [0.1, 0.15) is 20.3 Å². The molecule has 152 valence electrons. The third-order valence-electron chi connectivity index (χ3n) is 3.98. The van der Waals surface area contributed by atoms with Crippen molar-refractivity contribution in [2.45, 2.75) is 32.7 Å². The maximum absolute atomic E-state index is 12.5. The van der Waals surface area contributed by atoms with E-state index in [1.165, 1.54) is 18.2 Å². The molecule has 0 bridgehead atoms. The van der Waals surface area contributed by atoms with E-state index in [1.807, 2.05) is 26.0 Å². The monoisotopic (exact) mass is 403 g/mol. The van der Waals surface area contributed by atoms with Gasteiger partial charge in [0.15, 0.2) is 0 Å². The third-order valence-corrected chi connectivity index (χ3v) is 3.98. The minimum Gasteiger partial charge on any atom is -0.406 e. The van der Waals surface area contributed by atoms with Gasteiger partial charge in [0.05, 0.1) is 11.4 Å². The summed E-state index contributed by atoms with van der Waals surface area (Å²) in [5.41, 5.74) is 1.63. The Balaban J connectivity index is 1.92. The number of anilines is 3. The van der Waals surface area contributed by atoms with Gasteiger partial charge >= 0.3 is 6.36 Å². The van der Waals surface area contributed by atoms with Gasteiger partial charge in [-0.15, -0.1) is 13.2 Å². The Morgan fingerprint density at radius 1 is 1.03 bits per heavy atom. The van der Waals surface area contributed by atoms with Gasteiger partial charge in [0.1, 0.15) is 11.6 Å². The van der Waals surface area contributed by atoms with Crippen LogP contribution >= 0.6 is 0 Å². The van der Waals surface area contributed by atoms with Crippen LogP contribution in [0.3, 0.4) is 0 Å². The Hall–Kier alpha value is -3.36. The molecule has 1 aromatic carbocycles. The molecule has 0 aliphatic carbocycles. The predicted octanol–water partition coefficient (Wildman–Crippen LogP) is 5.39. The van der Waals surface area contributed by atoms with E-state index in [0.29, 0.717) is 28.8 Å². The van der Waals surface area contributed by atoms with Crippen LogP contribution in [0.25, 0.3) is 11.4 Å². The SMILES string of the molecule is CC[C@@H](C)Nc1nc(Nc2cccc(OC(F)(F)F)c2)cc(-c2ccccn2)n1. The third kappa shape index (κ3) is 6.06. The fraction of sp³-hybridized carbons (Fsp3) is 0.250. The summed E-state index contributed by atoms with van der Waals surface area (Å²) in [6.07, 6.45) is -2.23. The average Bonchev–Trinajstić information content (AvgIpc) is 2.67. The van der Waals surface area contributed by atoms with Crippen LogP contribution in [0.15, 0.2) is 54.7 Å². The van der Waals surface area contributed by atoms with E-state index in [1.54, 1.807) is 24.4 Å². The molecule has 0 aliphatic rings. The predicted molar refractivity (Wildman–Crippen MR) is 105 cm³/mol. The Bertz CT molecular complexity index is 950. The molecule has 3 aromatic rings. The van der Waals surface area contributed by atoms with E-state index in [-0.39, 0.29) is 11.8 Å². The van der Waals surface area contributed by atoms with Crippen molar-refractivity contribution >= 4 is 17.5 Å². The number of benzene rings is 1. The summed E-state index contributed by atoms with van der Waals surface area (Å²) in [5, 5.41) is 6.21. The molecule has 29 heavy (non-hydrogen) atoms. The number of nitrogens with one attached hydrogen (secondary N) is 2. The Morgan fingerprint density at radius 2 is 1.86 bits per heavy atom. The highest BCUT2D eigenvalue weighted by Gasteiger charge is 2.31. The Kier molecular flexibility index (Phi) is 6.16. The molecule has 1 atom stereocenters. The van der Waals surface area contributed by atoms with Crippen molar-refractivity contribution in [1.82, 2.24) is 15.0 Å². The zero-order valence-electron chi connectivity index (χ0n) is 15.9. The van der Waals surface area contributed by atoms with E-state index in [9.17, 15) is 13.2 Å². The molecule has 0 saturated carbocycles. The van der Waals surface area contributed by atoms with Gasteiger partial charge in [-0.05, 0) is 37.6 Å². The van der Waals surface area contributed by atoms with E-state index >= 15 is 0 Å². The van der Waals surface area contributed by atoms with E-state index in [0.717, 1.165) is 6.42 Å². The molecule has 2 aromatic heterocycles. The molecule has 0 radical (unpaired) electrons. The van der Waals surface area contributed by atoms with Gasteiger partial charge in [0, 0.05) is 30.1 Å². The molecule has 9 heteroatoms. The lowest BCUT2D eigenvalue weighted by molar-refractivity contribution is -0.274. The zero-order chi connectivity index (χ0) is 20.9. The number of rotatable bonds is 7. The summed E-state index contributed by atoms with van der Waals surface area (Å²) < 4.78 is 41.4. The van der Waals surface area contributed by atoms with Crippen LogP contribution in [0.4, 0.5) is 30.6 Å². The topological polar surface area (TPSA) is 72.0 Å². The van der Waals surface area contributed by atoms with Crippen LogP contribution in [0, 0.1) is 0 Å². The molecule has 0 saturated heterocycles. The molecule has 0 spiro atoms. The minimum absolute atomic E-state index is 0.144. The Labute approximate surface area is 166 Å². The summed E-state index contributed by atoms with van der Waals surface area (Å²) in [5.74, 6) is 0.489. The highest BCUT2D eigenvalue weighted by atomic mass is 19.4. The number of ether oxygens (including phenoxy) is 1. The molecule has 0 aliphatic heterocycles. The van der Waals surface area contributed by atoms with Gasteiger partial charge in [0.25, 0.3) is 0 Å². The molecule has 0 fully saturated rings. The van der Waals surface area contributed by atoms with Gasteiger partial charge in [-0.3, -0.25) is 4.98 Å². The fourth-order valence-electron chi connectivity index (χ4n) is 2.46. The molecule has 0 unspecified atom stereocenters. The highest BCUT2D eigenvalue weighted by molar-refractivity contribution is 5.65. The second-order valence-electron chi connectivity index (χ2n) is 6.33. The lowest BCUT2D eigenvalue weighted by Gasteiger charge is -2.15. The van der Waals surface area contributed by atoms with Gasteiger partial charge in [-0.1, -0.05) is 19.1 Å². The first-order valence-corrected chi connectivity index (χ1v) is 9.02. The molecule has 2 heterocycles. The van der Waals surface area contributed by atoms with Crippen LogP contribution in [-0.2, 0) is 0 Å². The van der Waals surface area contributed by atoms with E-state index < -0.39 is 6.36 Å². The summed E-state index contributed by atoms with van der Waals surface area (Å²) in [6.45, 7) is 4.04. The number of alkyl halides is 3. The van der Waals surface area contributed by atoms with Crippen molar-refractivity contribution in [2.24, 2.45) is 0 Å². The van der Waals surface area contributed by atoms with Gasteiger partial charge in [-0.2, -0.15) is 4.98 Å². The van der Waals surface area contributed by atoms with Crippen LogP contribution in [0.2, 0.25) is 0 Å². The largest absolute Gasteiger partial charge is 0.573 e. The maximum Gasteiger partial charge on any atom is 0.573 e. The molecular weight excluding hydrogens is 383 g/mol. The number of nitrogens with zero attached hydrogens (tertiary/aromatic N) is 3. The number of pyridine rings is 1. The van der Waals surface area contributed by atoms with E-state index in [2.05, 4.69) is 30.3 Å². The normalized spacial score (nSPS) is 12.3. The van der Waals surface area contributed by atoms with Crippen LogP contribution in [-0.4, -0.2) is 27.4 Å². The van der Waals surface area contributed by atoms with E-state index in [4.69, 9.17) is 0 Å². The summed E-state index contributed by atoms with van der Waals surface area (Å²) in [4.78, 5) is 13.2. The number of hydrogen-bond donors (Lipinski definition) is 2. The first-order valence-electron chi connectivity index (χ1n) is 9.02. The summed E-state index contributed by atoms with van der Waals surface area (Å²) in [6, 6.07) is 12.8.